The van der Waals surface area contributed by atoms with E-state index in [-0.39, 0.29) is 23.5 Å². The highest BCUT2D eigenvalue weighted by Crippen LogP contribution is 2.28. The SMILES string of the molecule is COc1ccc(NS(=O)(=O)c2ccc(OCC(=O)NC3CCCCCCC3)cc2)cc1Cl. The summed E-state index contributed by atoms with van der Waals surface area (Å²) < 4.78 is 38.3. The molecule has 0 unspecified atom stereocenters. The number of carbonyl (C=O) groups excluding carboxylic acids is 1. The minimum absolute atomic E-state index is 0.0655. The lowest BCUT2D eigenvalue weighted by Crippen LogP contribution is -2.38. The molecule has 2 aromatic carbocycles. The minimum atomic E-state index is -3.81. The fourth-order valence-electron chi connectivity index (χ4n) is 3.68. The summed E-state index contributed by atoms with van der Waals surface area (Å²) in [7, 11) is -2.32. The van der Waals surface area contributed by atoms with Gasteiger partial charge in [0.15, 0.2) is 6.61 Å². The summed E-state index contributed by atoms with van der Waals surface area (Å²) in [6, 6.07) is 10.7. The smallest absolute Gasteiger partial charge is 0.261 e. The summed E-state index contributed by atoms with van der Waals surface area (Å²) in [6.07, 6.45) is 8.00. The largest absolute Gasteiger partial charge is 0.495 e. The predicted molar refractivity (Wildman–Crippen MR) is 125 cm³/mol. The Morgan fingerprint density at radius 2 is 1.69 bits per heavy atom. The van der Waals surface area contributed by atoms with Gasteiger partial charge in [0.05, 0.1) is 22.7 Å². The Labute approximate surface area is 194 Å². The van der Waals surface area contributed by atoms with Gasteiger partial charge < -0.3 is 14.8 Å². The number of halogens is 1. The number of ether oxygens (including phenoxy) is 2. The average Bonchev–Trinajstić information content (AvgIpc) is 2.74. The lowest BCUT2D eigenvalue weighted by molar-refractivity contribution is -0.123. The van der Waals surface area contributed by atoms with Crippen molar-refractivity contribution >= 4 is 33.2 Å². The minimum Gasteiger partial charge on any atom is -0.495 e. The van der Waals surface area contributed by atoms with E-state index in [1.165, 1.54) is 56.7 Å². The van der Waals surface area contributed by atoms with Gasteiger partial charge in [-0.25, -0.2) is 8.42 Å². The van der Waals surface area contributed by atoms with Crippen molar-refractivity contribution < 1.29 is 22.7 Å². The number of hydrogen-bond acceptors (Lipinski definition) is 5. The van der Waals surface area contributed by atoms with Gasteiger partial charge in [0.1, 0.15) is 11.5 Å². The number of amides is 1. The van der Waals surface area contributed by atoms with Gasteiger partial charge >= 0.3 is 0 Å². The summed E-state index contributed by atoms with van der Waals surface area (Å²) in [4.78, 5) is 12.3. The van der Waals surface area contributed by atoms with Crippen LogP contribution in [0.5, 0.6) is 11.5 Å². The van der Waals surface area contributed by atoms with Gasteiger partial charge in [-0.2, -0.15) is 0 Å². The Kier molecular flexibility index (Phi) is 8.64. The van der Waals surface area contributed by atoms with Crippen LogP contribution >= 0.6 is 11.6 Å². The van der Waals surface area contributed by atoms with Crippen LogP contribution in [-0.2, 0) is 14.8 Å². The summed E-state index contributed by atoms with van der Waals surface area (Å²) >= 11 is 6.05. The molecule has 3 rings (SSSR count). The van der Waals surface area contributed by atoms with Crippen LogP contribution in [0.1, 0.15) is 44.9 Å². The Bertz CT molecular complexity index is 1000. The van der Waals surface area contributed by atoms with Crippen molar-refractivity contribution in [2.24, 2.45) is 0 Å². The quantitative estimate of drug-likeness (QED) is 0.568. The normalized spacial score (nSPS) is 15.3. The van der Waals surface area contributed by atoms with Gasteiger partial charge in [0.2, 0.25) is 0 Å². The molecule has 0 aliphatic heterocycles. The van der Waals surface area contributed by atoms with Crippen LogP contribution in [0.4, 0.5) is 5.69 Å². The number of nitrogens with one attached hydrogen (secondary N) is 2. The zero-order chi connectivity index (χ0) is 23.0. The van der Waals surface area contributed by atoms with Crippen molar-refractivity contribution in [2.75, 3.05) is 18.4 Å². The van der Waals surface area contributed by atoms with Gasteiger partial charge in [-0.15, -0.1) is 0 Å². The predicted octanol–water partition coefficient (Wildman–Crippen LogP) is 4.76. The standard InChI is InChI=1S/C23H29ClN2O5S/c1-30-22-14-9-18(15-21(22)24)26-32(28,29)20-12-10-19(11-13-20)31-16-23(27)25-17-7-5-3-2-4-6-8-17/h9-15,17,26H,2-8,16H2,1H3,(H,25,27). The molecule has 32 heavy (non-hydrogen) atoms. The first-order valence-corrected chi connectivity index (χ1v) is 12.6. The number of rotatable bonds is 8. The van der Waals surface area contributed by atoms with Gasteiger partial charge in [-0.3, -0.25) is 9.52 Å². The second-order valence-electron chi connectivity index (χ2n) is 7.82. The van der Waals surface area contributed by atoms with Crippen LogP contribution < -0.4 is 19.5 Å². The van der Waals surface area contributed by atoms with E-state index in [4.69, 9.17) is 21.1 Å². The summed E-state index contributed by atoms with van der Waals surface area (Å²) in [5, 5.41) is 3.34. The Hall–Kier alpha value is -2.45. The molecule has 0 atom stereocenters. The van der Waals surface area contributed by atoms with Crippen LogP contribution in [-0.4, -0.2) is 34.1 Å². The first kappa shape index (κ1) is 24.2. The number of hydrogen-bond donors (Lipinski definition) is 2. The van der Waals surface area contributed by atoms with E-state index in [1.54, 1.807) is 12.1 Å². The summed E-state index contributed by atoms with van der Waals surface area (Å²) in [5.74, 6) is 0.712. The van der Waals surface area contributed by atoms with E-state index in [2.05, 4.69) is 10.0 Å². The Morgan fingerprint density at radius 1 is 1.03 bits per heavy atom. The highest BCUT2D eigenvalue weighted by Gasteiger charge is 2.17. The van der Waals surface area contributed by atoms with Crippen molar-refractivity contribution in [2.45, 2.75) is 55.9 Å². The molecule has 174 valence electrons. The summed E-state index contributed by atoms with van der Waals surface area (Å²) in [6.45, 7) is -0.106. The fraction of sp³-hybridized carbons (Fsp3) is 0.435. The van der Waals surface area contributed by atoms with E-state index in [9.17, 15) is 13.2 Å². The molecule has 2 N–H and O–H groups in total. The molecule has 0 bridgehead atoms. The van der Waals surface area contributed by atoms with Crippen LogP contribution in [0, 0.1) is 0 Å². The summed E-state index contributed by atoms with van der Waals surface area (Å²) in [5.41, 5.74) is 0.321. The molecule has 1 amide bonds. The van der Waals surface area contributed by atoms with Gasteiger partial charge in [-0.05, 0) is 55.3 Å². The zero-order valence-corrected chi connectivity index (χ0v) is 19.7. The Morgan fingerprint density at radius 3 is 2.31 bits per heavy atom. The second-order valence-corrected chi connectivity index (χ2v) is 9.91. The van der Waals surface area contributed by atoms with Gasteiger partial charge in [0, 0.05) is 6.04 Å². The third-order valence-electron chi connectivity index (χ3n) is 5.38. The zero-order valence-electron chi connectivity index (χ0n) is 18.1. The molecule has 0 spiro atoms. The third kappa shape index (κ3) is 7.03. The molecule has 0 radical (unpaired) electrons. The van der Waals surface area contributed by atoms with E-state index >= 15 is 0 Å². The van der Waals surface area contributed by atoms with E-state index in [0.29, 0.717) is 22.2 Å². The maximum absolute atomic E-state index is 12.6. The van der Waals surface area contributed by atoms with Crippen LogP contribution in [0.2, 0.25) is 5.02 Å². The molecule has 2 aromatic rings. The van der Waals surface area contributed by atoms with Crippen molar-refractivity contribution in [3.05, 3.63) is 47.5 Å². The fourth-order valence-corrected chi connectivity index (χ4v) is 4.98. The third-order valence-corrected chi connectivity index (χ3v) is 7.07. The second kappa shape index (κ2) is 11.4. The molecule has 7 nitrogen and oxygen atoms in total. The molecular weight excluding hydrogens is 452 g/mol. The van der Waals surface area contributed by atoms with E-state index in [1.807, 2.05) is 0 Å². The topological polar surface area (TPSA) is 93.7 Å². The highest BCUT2D eigenvalue weighted by molar-refractivity contribution is 7.92. The monoisotopic (exact) mass is 480 g/mol. The Balaban J connectivity index is 1.53. The molecule has 0 heterocycles. The van der Waals surface area contributed by atoms with E-state index < -0.39 is 10.0 Å². The van der Waals surface area contributed by atoms with Crippen molar-refractivity contribution in [1.82, 2.24) is 5.32 Å². The maximum Gasteiger partial charge on any atom is 0.261 e. The van der Waals surface area contributed by atoms with Crippen molar-refractivity contribution in [1.29, 1.82) is 0 Å². The van der Waals surface area contributed by atoms with Crippen molar-refractivity contribution in [3.8, 4) is 11.5 Å². The van der Waals surface area contributed by atoms with Crippen LogP contribution in [0.15, 0.2) is 47.4 Å². The number of sulfonamides is 1. The lowest BCUT2D eigenvalue weighted by atomic mass is 9.97. The highest BCUT2D eigenvalue weighted by atomic mass is 35.5. The average molecular weight is 481 g/mol. The molecule has 1 fully saturated rings. The molecule has 1 aliphatic rings. The molecular formula is C23H29ClN2O5S. The first-order chi connectivity index (χ1) is 15.4. The molecule has 1 aliphatic carbocycles. The molecule has 0 saturated heterocycles. The van der Waals surface area contributed by atoms with Gasteiger partial charge in [-0.1, -0.05) is 43.7 Å². The van der Waals surface area contributed by atoms with Crippen molar-refractivity contribution in [3.63, 3.8) is 0 Å². The number of benzene rings is 2. The number of anilines is 1. The van der Waals surface area contributed by atoms with Crippen LogP contribution in [0.25, 0.3) is 0 Å². The number of carbonyl (C=O) groups is 1. The van der Waals surface area contributed by atoms with E-state index in [0.717, 1.165) is 25.7 Å². The van der Waals surface area contributed by atoms with Gasteiger partial charge in [0.25, 0.3) is 15.9 Å². The lowest BCUT2D eigenvalue weighted by Gasteiger charge is -2.21. The number of methoxy groups -OCH3 is 1. The maximum atomic E-state index is 12.6. The molecule has 9 heteroatoms. The van der Waals surface area contributed by atoms with Crippen LogP contribution in [0.3, 0.4) is 0 Å². The molecule has 1 saturated carbocycles. The first-order valence-electron chi connectivity index (χ1n) is 10.8. The molecule has 0 aromatic heterocycles.